The Labute approximate surface area is 269 Å². The van der Waals surface area contributed by atoms with E-state index in [2.05, 4.69) is 32.7 Å². The zero-order valence-electron chi connectivity index (χ0n) is 25.8. The Morgan fingerprint density at radius 3 is 2.30 bits per heavy atom. The first kappa shape index (κ1) is 34.3. The van der Waals surface area contributed by atoms with Gasteiger partial charge in [0.1, 0.15) is 18.5 Å². The van der Waals surface area contributed by atoms with Crippen molar-refractivity contribution in [3.05, 3.63) is 12.7 Å². The SMILES string of the molecule is C=C[C@]1(C)C[C@@H](OC(=O)NC(=O)C2CCN(C(=O)OCC(Cl)(Cl)Cl)CC2)[C@@]2(C)C3[C@H](OC)CCC3(CC[C@H]2C)[C@@H](C)C1=O. The first-order valence-electron chi connectivity index (χ1n) is 15.2. The van der Waals surface area contributed by atoms with Crippen molar-refractivity contribution in [3.63, 3.8) is 0 Å². The van der Waals surface area contributed by atoms with Crippen LogP contribution in [-0.4, -0.2) is 71.6 Å². The van der Waals surface area contributed by atoms with Gasteiger partial charge in [0, 0.05) is 55.2 Å². The van der Waals surface area contributed by atoms with Gasteiger partial charge in [0.15, 0.2) is 0 Å². The van der Waals surface area contributed by atoms with Gasteiger partial charge in [-0.25, -0.2) is 9.59 Å². The fourth-order valence-corrected chi connectivity index (χ4v) is 8.88. The van der Waals surface area contributed by atoms with Crippen molar-refractivity contribution >= 4 is 58.7 Å². The molecule has 1 N–H and O–H groups in total. The molecule has 0 spiro atoms. The van der Waals surface area contributed by atoms with Crippen LogP contribution in [0.5, 0.6) is 0 Å². The molecule has 8 atom stereocenters. The van der Waals surface area contributed by atoms with E-state index in [1.54, 1.807) is 13.2 Å². The molecule has 4 fully saturated rings. The second kappa shape index (κ2) is 12.7. The second-order valence-corrected chi connectivity index (χ2v) is 16.1. The molecule has 12 heteroatoms. The number of alkyl halides is 3. The number of carbonyl (C=O) groups excluding carboxylic acids is 4. The van der Waals surface area contributed by atoms with E-state index >= 15 is 0 Å². The highest BCUT2D eigenvalue weighted by molar-refractivity contribution is 6.67. The molecule has 0 aromatic heterocycles. The number of ether oxygens (including phenoxy) is 3. The number of allylic oxidation sites excluding steroid dienone is 1. The molecule has 9 nitrogen and oxygen atoms in total. The summed E-state index contributed by atoms with van der Waals surface area (Å²) in [5.41, 5.74) is -1.65. The van der Waals surface area contributed by atoms with Crippen molar-refractivity contribution in [2.45, 2.75) is 88.6 Å². The third-order valence-corrected chi connectivity index (χ3v) is 11.8. The van der Waals surface area contributed by atoms with E-state index in [9.17, 15) is 19.2 Å². The summed E-state index contributed by atoms with van der Waals surface area (Å²) in [5.74, 6) is -0.823. The van der Waals surface area contributed by atoms with Crippen LogP contribution in [-0.2, 0) is 23.8 Å². The zero-order chi connectivity index (χ0) is 32.0. The fourth-order valence-electron chi connectivity index (χ4n) is 8.71. The molecule has 0 aromatic rings. The normalized spacial score (nSPS) is 38.4. The van der Waals surface area contributed by atoms with Crippen molar-refractivity contribution in [1.82, 2.24) is 10.2 Å². The number of carbonyl (C=O) groups is 4. The molecular formula is C31H45Cl3N2O7. The Morgan fingerprint density at radius 1 is 1.09 bits per heavy atom. The molecule has 242 valence electrons. The van der Waals surface area contributed by atoms with Crippen LogP contribution in [0.2, 0.25) is 0 Å². The molecule has 1 heterocycles. The molecule has 0 radical (unpaired) electrons. The first-order chi connectivity index (χ1) is 20.0. The Morgan fingerprint density at radius 2 is 1.72 bits per heavy atom. The quantitative estimate of drug-likeness (QED) is 0.265. The van der Waals surface area contributed by atoms with Crippen LogP contribution in [0.3, 0.4) is 0 Å². The average molecular weight is 664 g/mol. The van der Waals surface area contributed by atoms with E-state index in [1.807, 2.05) is 6.92 Å². The minimum atomic E-state index is -1.71. The zero-order valence-corrected chi connectivity index (χ0v) is 28.0. The first-order valence-corrected chi connectivity index (χ1v) is 16.4. The molecule has 1 aliphatic heterocycles. The second-order valence-electron chi connectivity index (χ2n) is 13.6. The number of Topliss-reactive ketones (excluding diaryl/α,β-unsaturated/α-hetero) is 1. The molecule has 4 aliphatic rings. The van der Waals surface area contributed by atoms with Crippen molar-refractivity contribution in [3.8, 4) is 0 Å². The van der Waals surface area contributed by atoms with E-state index < -0.39 is 44.7 Å². The lowest BCUT2D eigenvalue weighted by atomic mass is 9.44. The smallest absolute Gasteiger partial charge is 0.414 e. The van der Waals surface area contributed by atoms with E-state index in [0.717, 1.165) is 25.7 Å². The van der Waals surface area contributed by atoms with Gasteiger partial charge >= 0.3 is 12.2 Å². The number of piperidine rings is 1. The Bertz CT molecular complexity index is 1120. The summed E-state index contributed by atoms with van der Waals surface area (Å²) in [7, 11) is 1.72. The number of nitrogens with one attached hydrogen (secondary N) is 1. The number of likely N-dealkylation sites (tertiary alicyclic amines) is 1. The number of nitrogens with zero attached hydrogens (tertiary/aromatic N) is 1. The number of hydrogen-bond acceptors (Lipinski definition) is 7. The van der Waals surface area contributed by atoms with E-state index in [4.69, 9.17) is 49.0 Å². The molecule has 3 saturated carbocycles. The average Bonchev–Trinajstić information content (AvgIpc) is 3.36. The predicted molar refractivity (Wildman–Crippen MR) is 164 cm³/mol. The topological polar surface area (TPSA) is 111 Å². The van der Waals surface area contributed by atoms with Crippen molar-refractivity contribution in [2.24, 2.45) is 39.9 Å². The maximum absolute atomic E-state index is 14.1. The number of rotatable bonds is 5. The van der Waals surface area contributed by atoms with Gasteiger partial charge in [-0.05, 0) is 56.8 Å². The van der Waals surface area contributed by atoms with Crippen LogP contribution in [0.15, 0.2) is 12.7 Å². The Hall–Kier alpha value is -1.55. The number of hydrogen-bond donors (Lipinski definition) is 1. The fraction of sp³-hybridized carbons (Fsp3) is 0.806. The van der Waals surface area contributed by atoms with Crippen LogP contribution < -0.4 is 5.32 Å². The van der Waals surface area contributed by atoms with Gasteiger partial charge in [-0.15, -0.1) is 6.58 Å². The summed E-state index contributed by atoms with van der Waals surface area (Å²) in [5, 5.41) is 2.45. The number of halogens is 3. The molecule has 3 amide bonds. The lowest BCUT2D eigenvalue weighted by Gasteiger charge is -2.61. The minimum Gasteiger partial charge on any atom is -0.445 e. The van der Waals surface area contributed by atoms with Gasteiger partial charge in [-0.1, -0.05) is 61.7 Å². The van der Waals surface area contributed by atoms with Gasteiger partial charge in [-0.2, -0.15) is 0 Å². The highest BCUT2D eigenvalue weighted by atomic mass is 35.6. The summed E-state index contributed by atoms with van der Waals surface area (Å²) in [6.45, 7) is 12.5. The standard InChI is InChI=1S/C31H45Cl3N2O7/c1-7-28(4)16-22(29(5)18(2)8-12-30(19(3)24(28)37)13-9-21(41-6)23(29)30)43-26(39)35-25(38)20-10-14-36(15-11-20)27(40)42-17-31(32,33)34/h7,18-23H,1,8-17H2,2-6H3,(H,35,38,39)/t18-,19+,21-,22-,23?,28-,29+,30?/m1/s1. The van der Waals surface area contributed by atoms with Crippen molar-refractivity contribution < 1.29 is 33.4 Å². The number of ketones is 1. The summed E-state index contributed by atoms with van der Waals surface area (Å²) in [6, 6.07) is 0. The molecule has 2 unspecified atom stereocenters. The number of alkyl carbamates (subject to hydrolysis) is 1. The van der Waals surface area contributed by atoms with Gasteiger partial charge in [-0.3, -0.25) is 14.9 Å². The Kier molecular flexibility index (Phi) is 10.1. The summed E-state index contributed by atoms with van der Waals surface area (Å²) >= 11 is 17.0. The molecular weight excluding hydrogens is 619 g/mol. The van der Waals surface area contributed by atoms with Gasteiger partial charge < -0.3 is 19.1 Å². The highest BCUT2D eigenvalue weighted by Gasteiger charge is 2.68. The molecule has 0 aromatic carbocycles. The summed E-state index contributed by atoms with van der Waals surface area (Å²) in [6.07, 6.45) is 4.04. The molecule has 43 heavy (non-hydrogen) atoms. The van der Waals surface area contributed by atoms with Crippen LogP contribution in [0.1, 0.15) is 72.6 Å². The minimum absolute atomic E-state index is 0.0150. The van der Waals surface area contributed by atoms with Gasteiger partial charge in [0.05, 0.1) is 6.10 Å². The van der Waals surface area contributed by atoms with Crippen LogP contribution >= 0.6 is 34.8 Å². The maximum atomic E-state index is 14.1. The molecule has 4 rings (SSSR count). The van der Waals surface area contributed by atoms with Crippen LogP contribution in [0.4, 0.5) is 9.59 Å². The van der Waals surface area contributed by atoms with Crippen LogP contribution in [0.25, 0.3) is 0 Å². The van der Waals surface area contributed by atoms with Crippen molar-refractivity contribution in [1.29, 1.82) is 0 Å². The van der Waals surface area contributed by atoms with Gasteiger partial charge in [0.25, 0.3) is 0 Å². The molecule has 3 aliphatic carbocycles. The number of amides is 3. The largest absolute Gasteiger partial charge is 0.445 e. The van der Waals surface area contributed by atoms with Crippen LogP contribution in [0, 0.1) is 39.9 Å². The maximum Gasteiger partial charge on any atom is 0.414 e. The summed E-state index contributed by atoms with van der Waals surface area (Å²) < 4.78 is 15.6. The summed E-state index contributed by atoms with van der Waals surface area (Å²) in [4.78, 5) is 54.3. The van der Waals surface area contributed by atoms with E-state index in [-0.39, 0.29) is 61.2 Å². The lowest BCUT2D eigenvalue weighted by Crippen LogP contribution is -2.63. The third kappa shape index (κ3) is 6.43. The number of methoxy groups -OCH3 is 1. The van der Waals surface area contributed by atoms with Crippen molar-refractivity contribution in [2.75, 3.05) is 26.8 Å². The van der Waals surface area contributed by atoms with E-state index in [0.29, 0.717) is 12.8 Å². The van der Waals surface area contributed by atoms with E-state index in [1.165, 1.54) is 4.90 Å². The molecule has 2 bridgehead atoms. The third-order valence-electron chi connectivity index (χ3n) is 11.5. The molecule has 1 saturated heterocycles. The lowest BCUT2D eigenvalue weighted by molar-refractivity contribution is -0.188. The highest BCUT2D eigenvalue weighted by Crippen LogP contribution is 2.68. The Balaban J connectivity index is 1.49. The number of imide groups is 1. The van der Waals surface area contributed by atoms with Gasteiger partial charge in [0.2, 0.25) is 9.70 Å². The predicted octanol–water partition coefficient (Wildman–Crippen LogP) is 6.48. The monoisotopic (exact) mass is 662 g/mol.